The molecule has 1 saturated heterocycles. The average molecular weight is 444 g/mol. The molecular formula is C25H37N3O4. The second-order valence-corrected chi connectivity index (χ2v) is 8.74. The van der Waals surface area contributed by atoms with Crippen LogP contribution < -0.4 is 5.32 Å². The Labute approximate surface area is 191 Å². The SMILES string of the molecule is CCOC(=O)CCC(=O)N1CCN([C@H](C(=O)NCCc2ccccc2)C2CCCC2)CC1. The summed E-state index contributed by atoms with van der Waals surface area (Å²) in [7, 11) is 0. The number of ether oxygens (including phenoxy) is 1. The summed E-state index contributed by atoms with van der Waals surface area (Å²) in [5, 5.41) is 3.17. The van der Waals surface area contributed by atoms with E-state index in [0.29, 0.717) is 45.2 Å². The maximum atomic E-state index is 13.2. The van der Waals surface area contributed by atoms with Crippen molar-refractivity contribution < 1.29 is 19.1 Å². The van der Waals surface area contributed by atoms with E-state index in [9.17, 15) is 14.4 Å². The third-order valence-corrected chi connectivity index (χ3v) is 6.58. The molecule has 2 fully saturated rings. The summed E-state index contributed by atoms with van der Waals surface area (Å²) in [6.45, 7) is 5.32. The van der Waals surface area contributed by atoms with Gasteiger partial charge in [0.15, 0.2) is 0 Å². The van der Waals surface area contributed by atoms with Gasteiger partial charge in [-0.25, -0.2) is 0 Å². The number of rotatable bonds is 10. The molecule has 2 aliphatic rings. The molecule has 1 aliphatic heterocycles. The van der Waals surface area contributed by atoms with Crippen LogP contribution in [0, 0.1) is 5.92 Å². The van der Waals surface area contributed by atoms with Crippen LogP contribution in [-0.4, -0.2) is 73.0 Å². The molecule has 7 heteroatoms. The lowest BCUT2D eigenvalue weighted by molar-refractivity contribution is -0.146. The zero-order valence-corrected chi connectivity index (χ0v) is 19.3. The Kier molecular flexibility index (Phi) is 9.53. The molecule has 0 unspecified atom stereocenters. The van der Waals surface area contributed by atoms with Gasteiger partial charge in [-0.1, -0.05) is 43.2 Å². The monoisotopic (exact) mass is 443 g/mol. The van der Waals surface area contributed by atoms with Crippen molar-refractivity contribution in [1.29, 1.82) is 0 Å². The number of nitrogens with zero attached hydrogens (tertiary/aromatic N) is 2. The molecule has 1 aromatic carbocycles. The minimum Gasteiger partial charge on any atom is -0.466 e. The lowest BCUT2D eigenvalue weighted by atomic mass is 9.95. The summed E-state index contributed by atoms with van der Waals surface area (Å²) in [6.07, 6.45) is 5.69. The van der Waals surface area contributed by atoms with Crippen LogP contribution in [0.15, 0.2) is 30.3 Å². The van der Waals surface area contributed by atoms with Crippen molar-refractivity contribution in [1.82, 2.24) is 15.1 Å². The van der Waals surface area contributed by atoms with Crippen molar-refractivity contribution in [3.05, 3.63) is 35.9 Å². The zero-order valence-electron chi connectivity index (χ0n) is 19.3. The van der Waals surface area contributed by atoms with Gasteiger partial charge in [-0.2, -0.15) is 0 Å². The Bertz CT molecular complexity index is 741. The molecule has 0 bridgehead atoms. The highest BCUT2D eigenvalue weighted by molar-refractivity contribution is 5.83. The molecular weight excluding hydrogens is 406 g/mol. The minimum atomic E-state index is -0.326. The largest absolute Gasteiger partial charge is 0.466 e. The van der Waals surface area contributed by atoms with Gasteiger partial charge in [0.2, 0.25) is 11.8 Å². The van der Waals surface area contributed by atoms with Gasteiger partial charge in [0, 0.05) is 39.1 Å². The van der Waals surface area contributed by atoms with E-state index < -0.39 is 0 Å². The molecule has 7 nitrogen and oxygen atoms in total. The van der Waals surface area contributed by atoms with Crippen molar-refractivity contribution in [3.8, 4) is 0 Å². The van der Waals surface area contributed by atoms with Gasteiger partial charge in [0.25, 0.3) is 0 Å². The van der Waals surface area contributed by atoms with Gasteiger partial charge in [-0.15, -0.1) is 0 Å². The van der Waals surface area contributed by atoms with Crippen LogP contribution in [0.1, 0.15) is 51.0 Å². The molecule has 176 valence electrons. The van der Waals surface area contributed by atoms with Crippen LogP contribution in [0.4, 0.5) is 0 Å². The van der Waals surface area contributed by atoms with Gasteiger partial charge in [-0.05, 0) is 37.7 Å². The Balaban J connectivity index is 1.50. The van der Waals surface area contributed by atoms with Crippen LogP contribution in [0.25, 0.3) is 0 Å². The molecule has 1 aromatic rings. The number of esters is 1. The number of piperazine rings is 1. The van der Waals surface area contributed by atoms with E-state index in [1.807, 2.05) is 23.1 Å². The molecule has 0 spiro atoms. The molecule has 1 saturated carbocycles. The molecule has 1 N–H and O–H groups in total. The third kappa shape index (κ3) is 7.05. The first-order chi connectivity index (χ1) is 15.6. The van der Waals surface area contributed by atoms with E-state index >= 15 is 0 Å². The first-order valence-corrected chi connectivity index (χ1v) is 12.1. The van der Waals surface area contributed by atoms with E-state index in [2.05, 4.69) is 22.3 Å². The predicted octanol–water partition coefficient (Wildman–Crippen LogP) is 2.39. The summed E-state index contributed by atoms with van der Waals surface area (Å²) in [6, 6.07) is 10.1. The lowest BCUT2D eigenvalue weighted by Gasteiger charge is -2.40. The minimum absolute atomic E-state index is 0.0116. The lowest BCUT2D eigenvalue weighted by Crippen LogP contribution is -2.58. The zero-order chi connectivity index (χ0) is 22.8. The Morgan fingerprint density at radius 3 is 2.38 bits per heavy atom. The van der Waals surface area contributed by atoms with E-state index in [1.165, 1.54) is 18.4 Å². The van der Waals surface area contributed by atoms with Crippen molar-refractivity contribution in [3.63, 3.8) is 0 Å². The summed E-state index contributed by atoms with van der Waals surface area (Å²) >= 11 is 0. The fraction of sp³-hybridized carbons (Fsp3) is 0.640. The molecule has 1 atom stereocenters. The van der Waals surface area contributed by atoms with Crippen LogP contribution in [0.5, 0.6) is 0 Å². The summed E-state index contributed by atoms with van der Waals surface area (Å²) in [4.78, 5) is 41.3. The van der Waals surface area contributed by atoms with Crippen molar-refractivity contribution in [2.24, 2.45) is 5.92 Å². The van der Waals surface area contributed by atoms with Gasteiger partial charge < -0.3 is 15.0 Å². The molecule has 32 heavy (non-hydrogen) atoms. The van der Waals surface area contributed by atoms with E-state index in [1.54, 1.807) is 6.92 Å². The Hall–Kier alpha value is -2.41. The van der Waals surface area contributed by atoms with Crippen LogP contribution >= 0.6 is 0 Å². The van der Waals surface area contributed by atoms with Gasteiger partial charge in [0.1, 0.15) is 0 Å². The predicted molar refractivity (Wildman–Crippen MR) is 123 cm³/mol. The van der Waals surface area contributed by atoms with Crippen molar-refractivity contribution in [2.75, 3.05) is 39.3 Å². The fourth-order valence-electron chi connectivity index (χ4n) is 4.88. The summed E-state index contributed by atoms with van der Waals surface area (Å²) < 4.78 is 4.91. The highest BCUT2D eigenvalue weighted by Gasteiger charge is 2.37. The fourth-order valence-corrected chi connectivity index (χ4v) is 4.88. The highest BCUT2D eigenvalue weighted by Crippen LogP contribution is 2.31. The summed E-state index contributed by atoms with van der Waals surface area (Å²) in [5.41, 5.74) is 1.22. The Morgan fingerprint density at radius 1 is 1.03 bits per heavy atom. The molecule has 1 heterocycles. The summed E-state index contributed by atoms with van der Waals surface area (Å²) in [5.74, 6) is 0.170. The van der Waals surface area contributed by atoms with Crippen molar-refractivity contribution in [2.45, 2.75) is 57.9 Å². The number of hydrogen-bond donors (Lipinski definition) is 1. The molecule has 0 radical (unpaired) electrons. The standard InChI is InChI=1S/C25H37N3O4/c1-2-32-23(30)13-12-22(29)27-16-18-28(19-17-27)24(21-10-6-7-11-21)25(31)26-15-14-20-8-4-3-5-9-20/h3-5,8-9,21,24H,2,6-7,10-19H2,1H3,(H,26,31)/t24-/m0/s1. The van der Waals surface area contributed by atoms with E-state index in [4.69, 9.17) is 4.74 Å². The number of carbonyl (C=O) groups excluding carboxylic acids is 3. The van der Waals surface area contributed by atoms with Crippen LogP contribution in [0.3, 0.4) is 0 Å². The van der Waals surface area contributed by atoms with Gasteiger partial charge in [0.05, 0.1) is 19.1 Å². The van der Waals surface area contributed by atoms with Gasteiger partial charge in [-0.3, -0.25) is 19.3 Å². The topological polar surface area (TPSA) is 79.0 Å². The number of carbonyl (C=O) groups is 3. The number of amides is 2. The molecule has 0 aromatic heterocycles. The average Bonchev–Trinajstić information content (AvgIpc) is 3.33. The highest BCUT2D eigenvalue weighted by atomic mass is 16.5. The van der Waals surface area contributed by atoms with Crippen LogP contribution in [-0.2, 0) is 25.5 Å². The maximum absolute atomic E-state index is 13.2. The van der Waals surface area contributed by atoms with E-state index in [0.717, 1.165) is 19.3 Å². The normalized spacial score (nSPS) is 18.3. The van der Waals surface area contributed by atoms with Crippen LogP contribution in [0.2, 0.25) is 0 Å². The van der Waals surface area contributed by atoms with Crippen molar-refractivity contribution >= 4 is 17.8 Å². The smallest absolute Gasteiger partial charge is 0.306 e. The number of hydrogen-bond acceptors (Lipinski definition) is 5. The van der Waals surface area contributed by atoms with E-state index in [-0.39, 0.29) is 36.7 Å². The first kappa shape index (κ1) is 24.2. The molecule has 1 aliphatic carbocycles. The number of benzene rings is 1. The Morgan fingerprint density at radius 2 is 1.72 bits per heavy atom. The third-order valence-electron chi connectivity index (χ3n) is 6.58. The maximum Gasteiger partial charge on any atom is 0.306 e. The molecule has 2 amide bonds. The first-order valence-electron chi connectivity index (χ1n) is 12.1. The second kappa shape index (κ2) is 12.6. The second-order valence-electron chi connectivity index (χ2n) is 8.74. The van der Waals surface area contributed by atoms with Gasteiger partial charge >= 0.3 is 5.97 Å². The number of nitrogens with one attached hydrogen (secondary N) is 1. The quantitative estimate of drug-likeness (QED) is 0.562. The molecule has 3 rings (SSSR count).